The van der Waals surface area contributed by atoms with E-state index in [2.05, 4.69) is 15.6 Å². The summed E-state index contributed by atoms with van der Waals surface area (Å²) in [6.45, 7) is 4.62. The zero-order valence-corrected chi connectivity index (χ0v) is 19.9. The molecule has 1 saturated heterocycles. The molecule has 4 atom stereocenters. The van der Waals surface area contributed by atoms with E-state index in [0.717, 1.165) is 0 Å². The number of nitrogens with one attached hydrogen (secondary N) is 2. The van der Waals surface area contributed by atoms with Crippen LogP contribution < -0.4 is 22.1 Å². The lowest BCUT2D eigenvalue weighted by atomic mass is 9.96. The van der Waals surface area contributed by atoms with Gasteiger partial charge in [-0.1, -0.05) is 38.5 Å². The number of hydrogen-bond donors (Lipinski definition) is 4. The lowest BCUT2D eigenvalue weighted by Crippen LogP contribution is -2.56. The minimum Gasteiger partial charge on any atom is -0.370 e. The number of carbonyl (C=O) groups excluding carboxylic acids is 4. The molecule has 2 rings (SSSR count). The monoisotopic (exact) mass is 472 g/mol. The van der Waals surface area contributed by atoms with E-state index in [4.69, 9.17) is 11.5 Å². The van der Waals surface area contributed by atoms with Crippen LogP contribution in [-0.2, 0) is 14.4 Å². The Bertz CT molecular complexity index is 871. The lowest BCUT2D eigenvalue weighted by molar-refractivity contribution is -0.141. The summed E-state index contributed by atoms with van der Waals surface area (Å²) in [6.07, 6.45) is 3.43. The molecule has 3 amide bonds. The van der Waals surface area contributed by atoms with E-state index >= 15 is 0 Å². The van der Waals surface area contributed by atoms with E-state index in [1.54, 1.807) is 24.3 Å². The third-order valence-electron chi connectivity index (χ3n) is 6.10. The second-order valence-electron chi connectivity index (χ2n) is 8.59. The normalized spacial score (nSPS) is 17.8. The van der Waals surface area contributed by atoms with E-state index in [-0.39, 0.29) is 29.6 Å². The molecule has 1 aromatic rings. The first kappa shape index (κ1) is 26.8. The Labute approximate surface area is 200 Å². The van der Waals surface area contributed by atoms with Crippen LogP contribution in [0.1, 0.15) is 56.3 Å². The molecule has 1 aliphatic rings. The van der Waals surface area contributed by atoms with Crippen LogP contribution in [0.4, 0.5) is 0 Å². The Hall–Kier alpha value is -3.43. The highest BCUT2D eigenvalue weighted by molar-refractivity contribution is 5.98. The highest BCUT2D eigenvalue weighted by Crippen LogP contribution is 2.22. The van der Waals surface area contributed by atoms with Crippen molar-refractivity contribution in [1.82, 2.24) is 15.5 Å². The van der Waals surface area contributed by atoms with Gasteiger partial charge in [-0.25, -0.2) is 0 Å². The molecular formula is C24H36N6O4. The summed E-state index contributed by atoms with van der Waals surface area (Å²) in [5.74, 6) is -1.14. The van der Waals surface area contributed by atoms with E-state index in [9.17, 15) is 19.2 Å². The zero-order chi connectivity index (χ0) is 25.1. The second-order valence-corrected chi connectivity index (χ2v) is 8.59. The van der Waals surface area contributed by atoms with Gasteiger partial charge in [-0.15, -0.1) is 0 Å². The number of nitrogens with two attached hydrogens (primary N) is 2. The Balaban J connectivity index is 2.06. The lowest BCUT2D eigenvalue weighted by Gasteiger charge is -2.31. The molecule has 186 valence electrons. The van der Waals surface area contributed by atoms with Crippen LogP contribution in [-0.4, -0.2) is 66.1 Å². The smallest absolute Gasteiger partial charge is 0.251 e. The summed E-state index contributed by atoms with van der Waals surface area (Å²) in [5.41, 5.74) is 11.1. The van der Waals surface area contributed by atoms with Gasteiger partial charge in [0.15, 0.2) is 5.96 Å². The molecule has 0 saturated carbocycles. The fraction of sp³-hybridized carbons (Fsp3) is 0.542. The average molecular weight is 473 g/mol. The van der Waals surface area contributed by atoms with Crippen molar-refractivity contribution in [2.24, 2.45) is 22.4 Å². The summed E-state index contributed by atoms with van der Waals surface area (Å²) in [5, 5.41) is 5.60. The summed E-state index contributed by atoms with van der Waals surface area (Å²) in [7, 11) is 0. The Morgan fingerprint density at radius 3 is 2.53 bits per heavy atom. The van der Waals surface area contributed by atoms with Crippen LogP contribution in [0.25, 0.3) is 0 Å². The van der Waals surface area contributed by atoms with Crippen molar-refractivity contribution < 1.29 is 19.2 Å². The predicted molar refractivity (Wildman–Crippen MR) is 130 cm³/mol. The van der Waals surface area contributed by atoms with Gasteiger partial charge in [0.2, 0.25) is 11.8 Å². The maximum Gasteiger partial charge on any atom is 0.251 e. The summed E-state index contributed by atoms with van der Waals surface area (Å²) in [4.78, 5) is 56.0. The van der Waals surface area contributed by atoms with E-state index in [0.29, 0.717) is 57.0 Å². The Morgan fingerprint density at radius 2 is 1.91 bits per heavy atom. The van der Waals surface area contributed by atoms with Gasteiger partial charge in [0.25, 0.3) is 5.91 Å². The molecule has 34 heavy (non-hydrogen) atoms. The maximum absolute atomic E-state index is 13.5. The van der Waals surface area contributed by atoms with Gasteiger partial charge in [-0.2, -0.15) is 0 Å². The molecule has 6 N–H and O–H groups in total. The number of benzene rings is 1. The number of aldehydes is 1. The molecule has 10 heteroatoms. The molecule has 1 fully saturated rings. The van der Waals surface area contributed by atoms with Gasteiger partial charge in [-0.05, 0) is 43.7 Å². The minimum atomic E-state index is -0.757. The van der Waals surface area contributed by atoms with Crippen molar-refractivity contribution >= 4 is 30.0 Å². The number of nitrogens with zero attached hydrogens (tertiary/aromatic N) is 2. The largest absolute Gasteiger partial charge is 0.370 e. The number of carbonyl (C=O) groups is 4. The van der Waals surface area contributed by atoms with Crippen LogP contribution >= 0.6 is 0 Å². The van der Waals surface area contributed by atoms with Gasteiger partial charge in [0, 0.05) is 18.7 Å². The zero-order valence-electron chi connectivity index (χ0n) is 19.9. The fourth-order valence-electron chi connectivity index (χ4n) is 3.95. The summed E-state index contributed by atoms with van der Waals surface area (Å²) in [6, 6.07) is 6.57. The van der Waals surface area contributed by atoms with Crippen LogP contribution in [0.3, 0.4) is 0 Å². The molecule has 0 bridgehead atoms. The average Bonchev–Trinajstić information content (AvgIpc) is 3.34. The van der Waals surface area contributed by atoms with Gasteiger partial charge < -0.3 is 31.8 Å². The number of aliphatic imine (C=N–C) groups is 1. The number of hydrogen-bond acceptors (Lipinski definition) is 5. The molecule has 0 spiro atoms. The molecule has 1 heterocycles. The molecule has 1 aromatic carbocycles. The van der Waals surface area contributed by atoms with Crippen LogP contribution in [0.15, 0.2) is 35.3 Å². The maximum atomic E-state index is 13.5. The Kier molecular flexibility index (Phi) is 10.5. The SMILES string of the molecule is CC[C@H](C)[C@@H](NC(=O)c1ccccc1)C(=O)N1CCC[C@H]1C(=O)N[C@H](C=O)CCCN=C(N)N. The quantitative estimate of drug-likeness (QED) is 0.150. The van der Waals surface area contributed by atoms with Crippen molar-refractivity contribution in [3.05, 3.63) is 35.9 Å². The van der Waals surface area contributed by atoms with E-state index in [1.807, 2.05) is 19.9 Å². The van der Waals surface area contributed by atoms with E-state index < -0.39 is 18.1 Å². The van der Waals surface area contributed by atoms with Gasteiger partial charge in [0.05, 0.1) is 6.04 Å². The summed E-state index contributed by atoms with van der Waals surface area (Å²) < 4.78 is 0. The van der Waals surface area contributed by atoms with Crippen molar-refractivity contribution in [3.63, 3.8) is 0 Å². The molecule has 0 aliphatic carbocycles. The number of amides is 3. The van der Waals surface area contributed by atoms with E-state index in [1.165, 1.54) is 4.90 Å². The standard InChI is InChI=1S/C24H36N6O4/c1-3-16(2)20(29-21(32)17-9-5-4-6-10-17)23(34)30-14-8-12-19(30)22(33)28-18(15-31)11-7-13-27-24(25)26/h4-6,9-10,15-16,18-20H,3,7-8,11-14H2,1-2H3,(H,28,33)(H,29,32)(H4,25,26,27)/t16-,18-,19-,20+/m0/s1. The van der Waals surface area contributed by atoms with Crippen molar-refractivity contribution in [2.45, 2.75) is 64.1 Å². The number of rotatable bonds is 12. The first-order valence-corrected chi connectivity index (χ1v) is 11.8. The first-order chi connectivity index (χ1) is 16.3. The molecule has 1 aliphatic heterocycles. The van der Waals surface area contributed by atoms with Gasteiger partial charge >= 0.3 is 0 Å². The van der Waals surface area contributed by atoms with Crippen molar-refractivity contribution in [2.75, 3.05) is 13.1 Å². The van der Waals surface area contributed by atoms with Gasteiger partial charge in [-0.3, -0.25) is 19.4 Å². The Morgan fingerprint density at radius 1 is 1.21 bits per heavy atom. The van der Waals surface area contributed by atoms with Crippen LogP contribution in [0.5, 0.6) is 0 Å². The molecule has 0 unspecified atom stereocenters. The highest BCUT2D eigenvalue weighted by atomic mass is 16.2. The van der Waals surface area contributed by atoms with Crippen molar-refractivity contribution in [1.29, 1.82) is 0 Å². The third kappa shape index (κ3) is 7.57. The van der Waals surface area contributed by atoms with Crippen molar-refractivity contribution in [3.8, 4) is 0 Å². The molecule has 0 aromatic heterocycles. The molecule has 0 radical (unpaired) electrons. The first-order valence-electron chi connectivity index (χ1n) is 11.8. The van der Waals surface area contributed by atoms with Crippen LogP contribution in [0.2, 0.25) is 0 Å². The number of guanidine groups is 1. The van der Waals surface area contributed by atoms with Gasteiger partial charge in [0.1, 0.15) is 18.4 Å². The second kappa shape index (κ2) is 13.3. The topological polar surface area (TPSA) is 160 Å². The minimum absolute atomic E-state index is 0.0259. The predicted octanol–water partition coefficient (Wildman–Crippen LogP) is 0.559. The third-order valence-corrected chi connectivity index (χ3v) is 6.10. The summed E-state index contributed by atoms with van der Waals surface area (Å²) >= 11 is 0. The molecule has 10 nitrogen and oxygen atoms in total. The number of likely N-dealkylation sites (tertiary alicyclic amines) is 1. The highest BCUT2D eigenvalue weighted by Gasteiger charge is 2.39. The molecular weight excluding hydrogens is 436 g/mol. The fourth-order valence-corrected chi connectivity index (χ4v) is 3.95. The van der Waals surface area contributed by atoms with Crippen LogP contribution in [0, 0.1) is 5.92 Å².